The van der Waals surface area contributed by atoms with Crippen LogP contribution in [-0.4, -0.2) is 0 Å². The first kappa shape index (κ1) is 25.2. The van der Waals surface area contributed by atoms with Gasteiger partial charge in [-0.25, -0.2) is 0 Å². The van der Waals surface area contributed by atoms with E-state index in [0.29, 0.717) is 0 Å². The summed E-state index contributed by atoms with van der Waals surface area (Å²) in [4.78, 5) is 0. The molecule has 1 aromatic heterocycles. The standard InChI is InChI=1S/C28H38Br2S/c1-3-5-7-9-11-13-15-21-17-23-24-18-22(16-14-12-10-8-6-4-2)26(30)20-28(24)31-27(23)19-25(21)29/h17-20H,3-16H2,1-2H3. The number of halogens is 2. The van der Waals surface area contributed by atoms with Crippen LogP contribution in [0, 0.1) is 0 Å². The molecule has 1 heterocycles. The van der Waals surface area contributed by atoms with Crippen molar-refractivity contribution in [1.82, 2.24) is 0 Å². The minimum atomic E-state index is 1.18. The third-order valence-electron chi connectivity index (χ3n) is 6.41. The van der Waals surface area contributed by atoms with Crippen molar-refractivity contribution in [2.45, 2.75) is 104 Å². The van der Waals surface area contributed by atoms with Crippen molar-refractivity contribution in [2.24, 2.45) is 0 Å². The van der Waals surface area contributed by atoms with Gasteiger partial charge >= 0.3 is 0 Å². The highest BCUT2D eigenvalue weighted by atomic mass is 79.9. The Kier molecular flexibility index (Phi) is 10.9. The van der Waals surface area contributed by atoms with E-state index >= 15 is 0 Å². The molecule has 0 unspecified atom stereocenters. The van der Waals surface area contributed by atoms with Crippen molar-refractivity contribution < 1.29 is 0 Å². The zero-order chi connectivity index (χ0) is 22.1. The molecule has 31 heavy (non-hydrogen) atoms. The molecule has 0 fully saturated rings. The largest absolute Gasteiger partial charge is 0.135 e. The van der Waals surface area contributed by atoms with Crippen LogP contribution in [0.4, 0.5) is 0 Å². The second kappa shape index (κ2) is 13.4. The van der Waals surface area contributed by atoms with Crippen LogP contribution in [0.3, 0.4) is 0 Å². The Morgan fingerprint density at radius 2 is 0.935 bits per heavy atom. The van der Waals surface area contributed by atoms with E-state index in [1.165, 1.54) is 130 Å². The minimum absolute atomic E-state index is 1.18. The van der Waals surface area contributed by atoms with Gasteiger partial charge in [-0.05, 0) is 61.1 Å². The average Bonchev–Trinajstić information content (AvgIpc) is 3.08. The van der Waals surface area contributed by atoms with Crippen molar-refractivity contribution in [3.8, 4) is 0 Å². The van der Waals surface area contributed by atoms with Crippen LogP contribution in [0.2, 0.25) is 0 Å². The summed E-state index contributed by atoms with van der Waals surface area (Å²) in [7, 11) is 0. The maximum absolute atomic E-state index is 3.85. The average molecular weight is 566 g/mol. The lowest BCUT2D eigenvalue weighted by Gasteiger charge is -2.07. The van der Waals surface area contributed by atoms with Crippen molar-refractivity contribution in [1.29, 1.82) is 0 Å². The quantitative estimate of drug-likeness (QED) is 0.170. The van der Waals surface area contributed by atoms with Crippen LogP contribution < -0.4 is 0 Å². The molecule has 0 amide bonds. The summed E-state index contributed by atoms with van der Waals surface area (Å²) >= 11 is 9.63. The highest BCUT2D eigenvalue weighted by Gasteiger charge is 2.12. The maximum Gasteiger partial charge on any atom is 0.0366 e. The van der Waals surface area contributed by atoms with Gasteiger partial charge in [0.15, 0.2) is 0 Å². The zero-order valence-electron chi connectivity index (χ0n) is 19.4. The second-order valence-electron chi connectivity index (χ2n) is 9.02. The first-order valence-electron chi connectivity index (χ1n) is 12.5. The van der Waals surface area contributed by atoms with Gasteiger partial charge in [-0.2, -0.15) is 0 Å². The van der Waals surface area contributed by atoms with Crippen LogP contribution in [-0.2, 0) is 12.8 Å². The van der Waals surface area contributed by atoms with E-state index in [4.69, 9.17) is 0 Å². The number of hydrogen-bond donors (Lipinski definition) is 0. The van der Waals surface area contributed by atoms with Gasteiger partial charge in [-0.3, -0.25) is 0 Å². The van der Waals surface area contributed by atoms with E-state index in [9.17, 15) is 0 Å². The third-order valence-corrected chi connectivity index (χ3v) is 9.00. The van der Waals surface area contributed by atoms with Gasteiger partial charge in [0.1, 0.15) is 0 Å². The summed E-state index contributed by atoms with van der Waals surface area (Å²) < 4.78 is 5.37. The van der Waals surface area contributed by atoms with Crippen LogP contribution in [0.5, 0.6) is 0 Å². The van der Waals surface area contributed by atoms with Crippen LogP contribution in [0.25, 0.3) is 20.2 Å². The molecular formula is C28H38Br2S. The fourth-order valence-corrected chi connectivity index (χ4v) is 7.02. The van der Waals surface area contributed by atoms with E-state index < -0.39 is 0 Å². The molecule has 0 N–H and O–H groups in total. The molecule has 0 atom stereocenters. The lowest BCUT2D eigenvalue weighted by molar-refractivity contribution is 0.607. The smallest absolute Gasteiger partial charge is 0.0366 e. The number of benzene rings is 2. The molecule has 3 rings (SSSR count). The SMILES string of the molecule is CCCCCCCCc1cc2c(cc1Br)sc1cc(Br)c(CCCCCCCC)cc12. The first-order chi connectivity index (χ1) is 15.1. The lowest BCUT2D eigenvalue weighted by atomic mass is 10.0. The number of thiophene rings is 1. The molecular weight excluding hydrogens is 528 g/mol. The minimum Gasteiger partial charge on any atom is -0.135 e. The topological polar surface area (TPSA) is 0 Å². The Bertz CT molecular complexity index is 880. The molecule has 0 nitrogen and oxygen atoms in total. The van der Waals surface area contributed by atoms with Gasteiger partial charge in [0.05, 0.1) is 0 Å². The fourth-order valence-electron chi connectivity index (χ4n) is 4.48. The number of unbranched alkanes of at least 4 members (excludes halogenated alkanes) is 10. The molecule has 0 aliphatic rings. The highest BCUT2D eigenvalue weighted by Crippen LogP contribution is 2.40. The van der Waals surface area contributed by atoms with E-state index in [1.54, 1.807) is 0 Å². The molecule has 170 valence electrons. The number of aryl methyl sites for hydroxylation is 2. The summed E-state index contributed by atoms with van der Waals surface area (Å²) in [5, 5.41) is 2.89. The fraction of sp³-hybridized carbons (Fsp3) is 0.571. The highest BCUT2D eigenvalue weighted by molar-refractivity contribution is 9.10. The molecule has 0 saturated carbocycles. The molecule has 0 aliphatic heterocycles. The number of rotatable bonds is 14. The Morgan fingerprint density at radius 3 is 1.35 bits per heavy atom. The molecule has 0 saturated heterocycles. The molecule has 0 radical (unpaired) electrons. The predicted octanol–water partition coefficient (Wildman–Crippen LogP) is 11.4. The number of hydrogen-bond acceptors (Lipinski definition) is 1. The Morgan fingerprint density at radius 1 is 0.548 bits per heavy atom. The van der Waals surface area contributed by atoms with E-state index in [0.717, 1.165) is 0 Å². The van der Waals surface area contributed by atoms with Gasteiger partial charge < -0.3 is 0 Å². The van der Waals surface area contributed by atoms with E-state index in [1.807, 2.05) is 11.3 Å². The first-order valence-corrected chi connectivity index (χ1v) is 14.9. The maximum atomic E-state index is 3.85. The normalized spacial score (nSPS) is 11.7. The van der Waals surface area contributed by atoms with Crippen molar-refractivity contribution in [3.05, 3.63) is 44.3 Å². The van der Waals surface area contributed by atoms with Crippen molar-refractivity contribution in [3.63, 3.8) is 0 Å². The Labute approximate surface area is 210 Å². The Hall–Kier alpha value is -0.380. The monoisotopic (exact) mass is 564 g/mol. The molecule has 0 spiro atoms. The van der Waals surface area contributed by atoms with Gasteiger partial charge in [0.2, 0.25) is 0 Å². The predicted molar refractivity (Wildman–Crippen MR) is 149 cm³/mol. The third kappa shape index (κ3) is 7.30. The molecule has 3 heteroatoms. The molecule has 3 aromatic rings. The Balaban J connectivity index is 1.71. The summed E-state index contributed by atoms with van der Waals surface area (Å²) in [5.41, 5.74) is 2.95. The molecule has 0 aliphatic carbocycles. The summed E-state index contributed by atoms with van der Waals surface area (Å²) in [6, 6.07) is 9.64. The second-order valence-corrected chi connectivity index (χ2v) is 11.8. The van der Waals surface area contributed by atoms with E-state index in [-0.39, 0.29) is 0 Å². The van der Waals surface area contributed by atoms with Gasteiger partial charge in [-0.1, -0.05) is 110 Å². The summed E-state index contributed by atoms with van der Waals surface area (Å²) in [5.74, 6) is 0. The van der Waals surface area contributed by atoms with Gasteiger partial charge in [-0.15, -0.1) is 11.3 Å². The van der Waals surface area contributed by atoms with Crippen LogP contribution >= 0.6 is 43.2 Å². The zero-order valence-corrected chi connectivity index (χ0v) is 23.4. The summed E-state index contributed by atoms with van der Waals surface area (Å²) in [6.07, 6.45) is 18.6. The van der Waals surface area contributed by atoms with Crippen LogP contribution in [0.1, 0.15) is 102 Å². The number of fused-ring (bicyclic) bond motifs is 3. The molecule has 2 aromatic carbocycles. The summed E-state index contributed by atoms with van der Waals surface area (Å²) in [6.45, 7) is 4.57. The van der Waals surface area contributed by atoms with Crippen LogP contribution in [0.15, 0.2) is 33.2 Å². The van der Waals surface area contributed by atoms with Gasteiger partial charge in [0.25, 0.3) is 0 Å². The van der Waals surface area contributed by atoms with E-state index in [2.05, 4.69) is 70.0 Å². The van der Waals surface area contributed by atoms with Crippen molar-refractivity contribution in [2.75, 3.05) is 0 Å². The molecule has 0 bridgehead atoms. The van der Waals surface area contributed by atoms with Crippen molar-refractivity contribution >= 4 is 63.4 Å². The van der Waals surface area contributed by atoms with Gasteiger partial charge in [0, 0.05) is 29.1 Å². The lowest BCUT2D eigenvalue weighted by Crippen LogP contribution is -1.89.